The first kappa shape index (κ1) is 12.7. The average molecular weight is 271 g/mol. The van der Waals surface area contributed by atoms with Crippen LogP contribution in [0.1, 0.15) is 30.0 Å². The molecule has 1 fully saturated rings. The first-order valence-corrected chi connectivity index (χ1v) is 6.49. The fourth-order valence-electron chi connectivity index (χ4n) is 2.84. The second-order valence-electron chi connectivity index (χ2n) is 4.82. The van der Waals surface area contributed by atoms with E-state index in [1.807, 2.05) is 11.0 Å². The molecule has 1 saturated heterocycles. The first-order chi connectivity index (χ1) is 9.74. The molecule has 20 heavy (non-hydrogen) atoms. The van der Waals surface area contributed by atoms with Gasteiger partial charge in [-0.15, -0.1) is 0 Å². The highest BCUT2D eigenvalue weighted by atomic mass is 19.1. The molecule has 5 heteroatoms. The van der Waals surface area contributed by atoms with Crippen LogP contribution in [0.15, 0.2) is 28.9 Å². The fourth-order valence-corrected chi connectivity index (χ4v) is 2.84. The van der Waals surface area contributed by atoms with Gasteiger partial charge in [-0.1, -0.05) is 0 Å². The predicted octanol–water partition coefficient (Wildman–Crippen LogP) is 2.77. The van der Waals surface area contributed by atoms with Crippen LogP contribution in [0, 0.1) is 17.1 Å². The van der Waals surface area contributed by atoms with E-state index >= 15 is 0 Å². The van der Waals surface area contributed by atoms with Gasteiger partial charge in [0, 0.05) is 5.70 Å². The van der Waals surface area contributed by atoms with Crippen LogP contribution in [0.5, 0.6) is 5.75 Å². The molecule has 4 nitrogen and oxygen atoms in total. The van der Waals surface area contributed by atoms with Gasteiger partial charge in [0.1, 0.15) is 11.6 Å². The molecule has 0 saturated carbocycles. The molecule has 3 rings (SSSR count). The number of allylic oxidation sites excluding steroid dienone is 1. The van der Waals surface area contributed by atoms with Crippen molar-refractivity contribution in [1.29, 1.82) is 5.26 Å². The lowest BCUT2D eigenvalue weighted by Gasteiger charge is -2.27. The number of nitrogens with zero attached hydrogens (tertiary/aromatic N) is 3. The van der Waals surface area contributed by atoms with Gasteiger partial charge >= 0.3 is 0 Å². The Balaban J connectivity index is 2.06. The van der Waals surface area contributed by atoms with Crippen molar-refractivity contribution < 1.29 is 9.13 Å². The molecular weight excluding hydrogens is 257 g/mol. The van der Waals surface area contributed by atoms with Crippen molar-refractivity contribution in [2.24, 2.45) is 4.99 Å². The van der Waals surface area contributed by atoms with Gasteiger partial charge in [0.2, 0.25) is 0 Å². The van der Waals surface area contributed by atoms with Gasteiger partial charge in [0.15, 0.2) is 0 Å². The summed E-state index contributed by atoms with van der Waals surface area (Å²) in [6.07, 6.45) is 5.55. The van der Waals surface area contributed by atoms with Crippen molar-refractivity contribution in [3.8, 4) is 11.8 Å². The number of rotatable bonds is 2. The average Bonchev–Trinajstić information content (AvgIpc) is 2.90. The molecule has 1 atom stereocenters. The van der Waals surface area contributed by atoms with Crippen LogP contribution in [0.2, 0.25) is 0 Å². The highest BCUT2D eigenvalue weighted by Crippen LogP contribution is 2.43. The van der Waals surface area contributed by atoms with E-state index < -0.39 is 5.82 Å². The van der Waals surface area contributed by atoms with Crippen LogP contribution in [-0.4, -0.2) is 24.9 Å². The molecule has 0 spiro atoms. The Morgan fingerprint density at radius 3 is 3.10 bits per heavy atom. The monoisotopic (exact) mass is 271 g/mol. The molecule has 1 unspecified atom stereocenters. The van der Waals surface area contributed by atoms with E-state index in [1.54, 1.807) is 12.4 Å². The summed E-state index contributed by atoms with van der Waals surface area (Å²) in [6, 6.07) is 4.68. The topological polar surface area (TPSA) is 48.6 Å². The maximum atomic E-state index is 14.4. The fraction of sp³-hybridized carbons (Fsp3) is 0.333. The summed E-state index contributed by atoms with van der Waals surface area (Å²) >= 11 is 0. The van der Waals surface area contributed by atoms with E-state index in [0.29, 0.717) is 17.9 Å². The third kappa shape index (κ3) is 1.94. The number of ether oxygens (including phenoxy) is 1. The zero-order chi connectivity index (χ0) is 14.1. The Labute approximate surface area is 116 Å². The Kier molecular flexibility index (Phi) is 3.15. The zero-order valence-corrected chi connectivity index (χ0v) is 11.1. The molecule has 0 N–H and O–H groups in total. The van der Waals surface area contributed by atoms with Gasteiger partial charge in [0.05, 0.1) is 43.2 Å². The minimum Gasteiger partial charge on any atom is -0.496 e. The third-order valence-electron chi connectivity index (χ3n) is 3.75. The van der Waals surface area contributed by atoms with Gasteiger partial charge in [-0.2, -0.15) is 5.26 Å². The molecular formula is C15H14FN3O. The summed E-state index contributed by atoms with van der Waals surface area (Å²) in [5, 5.41) is 8.91. The number of methoxy groups -OCH3 is 1. The Morgan fingerprint density at radius 2 is 2.35 bits per heavy atom. The van der Waals surface area contributed by atoms with Crippen molar-refractivity contribution in [3.05, 3.63) is 40.8 Å². The molecule has 2 aliphatic rings. The molecule has 2 aliphatic heterocycles. The van der Waals surface area contributed by atoms with Crippen LogP contribution >= 0.6 is 0 Å². The number of hydrogen-bond donors (Lipinski definition) is 0. The Morgan fingerprint density at radius 1 is 1.50 bits per heavy atom. The molecule has 1 aromatic carbocycles. The normalized spacial score (nSPS) is 20.4. The van der Waals surface area contributed by atoms with Crippen molar-refractivity contribution in [3.63, 3.8) is 0 Å². The number of halogens is 1. The minimum absolute atomic E-state index is 0.118. The van der Waals surface area contributed by atoms with E-state index in [1.165, 1.54) is 18.9 Å². The molecule has 0 radical (unpaired) electrons. The van der Waals surface area contributed by atoms with Crippen LogP contribution in [0.3, 0.4) is 0 Å². The summed E-state index contributed by atoms with van der Waals surface area (Å²) in [6.45, 7) is 0.686. The lowest BCUT2D eigenvalue weighted by molar-refractivity contribution is 0.371. The van der Waals surface area contributed by atoms with Crippen LogP contribution in [0.4, 0.5) is 4.39 Å². The van der Waals surface area contributed by atoms with Crippen molar-refractivity contribution >= 4 is 6.34 Å². The van der Waals surface area contributed by atoms with E-state index in [9.17, 15) is 4.39 Å². The van der Waals surface area contributed by atoms with Gasteiger partial charge in [-0.3, -0.25) is 4.99 Å². The number of benzene rings is 1. The Bertz CT molecular complexity index is 645. The van der Waals surface area contributed by atoms with Crippen molar-refractivity contribution in [2.45, 2.75) is 18.9 Å². The van der Waals surface area contributed by atoms with Crippen LogP contribution < -0.4 is 4.74 Å². The lowest BCUT2D eigenvalue weighted by Crippen LogP contribution is -2.23. The third-order valence-corrected chi connectivity index (χ3v) is 3.75. The summed E-state index contributed by atoms with van der Waals surface area (Å²) in [5.74, 6) is 0.0258. The van der Waals surface area contributed by atoms with Crippen molar-refractivity contribution in [1.82, 2.24) is 4.90 Å². The molecule has 0 bridgehead atoms. The van der Waals surface area contributed by atoms with Gasteiger partial charge in [-0.05, 0) is 31.1 Å². The van der Waals surface area contributed by atoms with Gasteiger partial charge in [0.25, 0.3) is 0 Å². The minimum atomic E-state index is -0.397. The second kappa shape index (κ2) is 4.97. The summed E-state index contributed by atoms with van der Waals surface area (Å²) < 4.78 is 19.7. The quantitative estimate of drug-likeness (QED) is 0.831. The molecule has 1 aromatic rings. The molecule has 102 valence electrons. The van der Waals surface area contributed by atoms with E-state index in [2.05, 4.69) is 11.1 Å². The summed E-state index contributed by atoms with van der Waals surface area (Å²) in [7, 11) is 1.50. The maximum absolute atomic E-state index is 14.4. The number of aliphatic imine (C=N–C) groups is 1. The standard InChI is InChI=1S/C15H14FN3O/c1-20-14-7-10(8-17)6-12(16)15(14)13-3-2-11-4-5-18-9-19(11)13/h4,6-7,9,13H,2-3,5H2,1H3. The zero-order valence-electron chi connectivity index (χ0n) is 11.1. The van der Waals surface area contributed by atoms with Crippen LogP contribution in [-0.2, 0) is 0 Å². The number of fused-ring (bicyclic) bond motifs is 1. The molecule has 0 amide bonds. The van der Waals surface area contributed by atoms with Gasteiger partial charge < -0.3 is 9.64 Å². The number of hydrogen-bond acceptors (Lipinski definition) is 4. The largest absolute Gasteiger partial charge is 0.496 e. The summed E-state index contributed by atoms with van der Waals surface area (Å²) in [5.41, 5.74) is 1.95. The SMILES string of the molecule is COc1cc(C#N)cc(F)c1C1CCC2=CCN=CN21. The lowest BCUT2D eigenvalue weighted by atomic mass is 10.0. The number of nitriles is 1. The smallest absolute Gasteiger partial charge is 0.133 e. The molecule has 0 aromatic heterocycles. The van der Waals surface area contributed by atoms with E-state index in [-0.39, 0.29) is 11.6 Å². The first-order valence-electron chi connectivity index (χ1n) is 6.49. The van der Waals surface area contributed by atoms with Gasteiger partial charge in [-0.25, -0.2) is 4.39 Å². The van der Waals surface area contributed by atoms with E-state index in [0.717, 1.165) is 12.8 Å². The van der Waals surface area contributed by atoms with Crippen LogP contribution in [0.25, 0.3) is 0 Å². The maximum Gasteiger partial charge on any atom is 0.133 e. The highest BCUT2D eigenvalue weighted by Gasteiger charge is 2.33. The molecule has 2 heterocycles. The second-order valence-corrected chi connectivity index (χ2v) is 4.82. The Hall–Kier alpha value is -2.35. The van der Waals surface area contributed by atoms with E-state index in [4.69, 9.17) is 10.00 Å². The summed E-state index contributed by atoms with van der Waals surface area (Å²) in [4.78, 5) is 6.22. The molecule has 0 aliphatic carbocycles. The predicted molar refractivity (Wildman–Crippen MR) is 72.9 cm³/mol. The van der Waals surface area contributed by atoms with Crippen molar-refractivity contribution in [2.75, 3.05) is 13.7 Å². The highest BCUT2D eigenvalue weighted by molar-refractivity contribution is 5.63.